The fourth-order valence-corrected chi connectivity index (χ4v) is 8.24. The zero-order chi connectivity index (χ0) is 31.2. The van der Waals surface area contributed by atoms with Crippen LogP contribution in [0.1, 0.15) is 93.1 Å². The van der Waals surface area contributed by atoms with Crippen molar-refractivity contribution in [2.45, 2.75) is 83.7 Å². The summed E-state index contributed by atoms with van der Waals surface area (Å²) in [6, 6.07) is 9.43. The van der Waals surface area contributed by atoms with Gasteiger partial charge in [-0.2, -0.15) is 0 Å². The van der Waals surface area contributed by atoms with Crippen LogP contribution in [0.25, 0.3) is 0 Å². The first-order chi connectivity index (χ1) is 21.5. The van der Waals surface area contributed by atoms with Gasteiger partial charge in [0.25, 0.3) is 0 Å². The molecule has 8 heteroatoms. The molecule has 2 aromatic carbocycles. The maximum Gasteiger partial charge on any atom is 0.169 e. The van der Waals surface area contributed by atoms with Gasteiger partial charge < -0.3 is 29.2 Å². The summed E-state index contributed by atoms with van der Waals surface area (Å²) in [5.74, 6) is 4.44. The highest BCUT2D eigenvalue weighted by Crippen LogP contribution is 2.49. The van der Waals surface area contributed by atoms with Crippen LogP contribution in [-0.2, 0) is 12.8 Å². The number of fused-ring (bicyclic) bond motifs is 4. The van der Waals surface area contributed by atoms with Gasteiger partial charge in [0.1, 0.15) is 0 Å². The molecule has 2 aromatic rings. The van der Waals surface area contributed by atoms with Gasteiger partial charge in [-0.3, -0.25) is 4.90 Å². The Balaban J connectivity index is 1.45. The second-order valence-electron chi connectivity index (χ2n) is 12.7. The summed E-state index contributed by atoms with van der Waals surface area (Å²) < 4.78 is 22.9. The molecule has 3 aliphatic rings. The van der Waals surface area contributed by atoms with Crippen molar-refractivity contribution in [3.05, 3.63) is 46.5 Å². The molecule has 0 spiro atoms. The van der Waals surface area contributed by atoms with Crippen LogP contribution >= 0.6 is 12.2 Å². The number of nitrogens with one attached hydrogen (secondary N) is 1. The first kappa shape index (κ1) is 32.7. The number of nitrogens with zero attached hydrogens (tertiary/aromatic N) is 2. The van der Waals surface area contributed by atoms with Crippen molar-refractivity contribution in [1.29, 1.82) is 0 Å². The molecule has 4 unspecified atom stereocenters. The monoisotopic (exact) mass is 623 g/mol. The van der Waals surface area contributed by atoms with Crippen molar-refractivity contribution in [3.63, 3.8) is 0 Å². The molecule has 242 valence electrons. The second-order valence-corrected chi connectivity index (χ2v) is 13.1. The third kappa shape index (κ3) is 6.76. The lowest BCUT2D eigenvalue weighted by Crippen LogP contribution is -2.49. The number of hydrogen-bond acceptors (Lipinski definition) is 6. The maximum atomic E-state index is 6.11. The number of benzene rings is 2. The third-order valence-corrected chi connectivity index (χ3v) is 10.8. The summed E-state index contributed by atoms with van der Waals surface area (Å²) in [4.78, 5) is 5.20. The van der Waals surface area contributed by atoms with Crippen molar-refractivity contribution in [2.75, 3.05) is 54.6 Å². The van der Waals surface area contributed by atoms with Crippen LogP contribution in [0.2, 0.25) is 0 Å². The summed E-state index contributed by atoms with van der Waals surface area (Å²) in [5, 5.41) is 4.52. The Morgan fingerprint density at radius 1 is 0.795 bits per heavy atom. The third-order valence-electron chi connectivity index (χ3n) is 10.4. The fraction of sp³-hybridized carbons (Fsp3) is 0.639. The van der Waals surface area contributed by atoms with E-state index in [0.29, 0.717) is 17.9 Å². The first-order valence-corrected chi connectivity index (χ1v) is 17.1. The molecular formula is C36H53N3O4S. The lowest BCUT2D eigenvalue weighted by Gasteiger charge is -2.49. The van der Waals surface area contributed by atoms with E-state index in [1.807, 2.05) is 0 Å². The van der Waals surface area contributed by atoms with E-state index >= 15 is 0 Å². The van der Waals surface area contributed by atoms with Crippen LogP contribution in [0.15, 0.2) is 24.3 Å². The van der Waals surface area contributed by atoms with E-state index in [0.717, 1.165) is 86.4 Å². The van der Waals surface area contributed by atoms with Crippen LogP contribution in [0.4, 0.5) is 0 Å². The molecule has 1 saturated heterocycles. The molecule has 3 aliphatic heterocycles. The SMILES string of the molecule is CCCCCCNC(=S)N1CCc2cc(OC)c(OC)cc2C1CC1CC2c3cc(OC)c(OC)cc3CCN2CC1CC. The van der Waals surface area contributed by atoms with Gasteiger partial charge in [-0.05, 0) is 103 Å². The number of hydrogen-bond donors (Lipinski definition) is 1. The minimum Gasteiger partial charge on any atom is -0.493 e. The van der Waals surface area contributed by atoms with Crippen molar-refractivity contribution in [3.8, 4) is 23.0 Å². The Hall–Kier alpha value is -2.71. The topological polar surface area (TPSA) is 55.4 Å². The number of unbranched alkanes of at least 4 members (excludes halogenated alkanes) is 3. The first-order valence-electron chi connectivity index (χ1n) is 16.7. The number of ether oxygens (including phenoxy) is 4. The largest absolute Gasteiger partial charge is 0.493 e. The predicted molar refractivity (Wildman–Crippen MR) is 182 cm³/mol. The summed E-state index contributed by atoms with van der Waals surface area (Å²) in [6.07, 6.45) is 10.3. The molecule has 1 N–H and O–H groups in total. The molecule has 0 radical (unpaired) electrons. The van der Waals surface area contributed by atoms with Gasteiger partial charge in [-0.1, -0.05) is 39.5 Å². The van der Waals surface area contributed by atoms with E-state index < -0.39 is 0 Å². The molecule has 5 rings (SSSR count). The minimum atomic E-state index is 0.188. The highest BCUT2D eigenvalue weighted by Gasteiger charge is 2.41. The van der Waals surface area contributed by atoms with Gasteiger partial charge in [0, 0.05) is 32.2 Å². The van der Waals surface area contributed by atoms with Crippen LogP contribution in [-0.4, -0.2) is 69.5 Å². The van der Waals surface area contributed by atoms with E-state index in [9.17, 15) is 0 Å². The van der Waals surface area contributed by atoms with E-state index in [1.54, 1.807) is 28.4 Å². The van der Waals surface area contributed by atoms with Gasteiger partial charge in [-0.15, -0.1) is 0 Å². The molecule has 1 fully saturated rings. The smallest absolute Gasteiger partial charge is 0.169 e. The lowest BCUT2D eigenvalue weighted by molar-refractivity contribution is 0.0377. The Morgan fingerprint density at radius 2 is 1.41 bits per heavy atom. The molecule has 0 amide bonds. The van der Waals surface area contributed by atoms with Crippen LogP contribution in [0, 0.1) is 11.8 Å². The fourth-order valence-electron chi connectivity index (χ4n) is 7.92. The molecule has 7 nitrogen and oxygen atoms in total. The second kappa shape index (κ2) is 15.0. The highest BCUT2D eigenvalue weighted by molar-refractivity contribution is 7.80. The van der Waals surface area contributed by atoms with E-state index in [2.05, 4.69) is 53.2 Å². The average Bonchev–Trinajstić information content (AvgIpc) is 3.06. The van der Waals surface area contributed by atoms with Crippen molar-refractivity contribution < 1.29 is 18.9 Å². The Bertz CT molecular complexity index is 1290. The van der Waals surface area contributed by atoms with Gasteiger partial charge in [0.05, 0.1) is 34.5 Å². The Kier molecular flexibility index (Phi) is 11.2. The Labute approximate surface area is 270 Å². The minimum absolute atomic E-state index is 0.188. The van der Waals surface area contributed by atoms with Crippen molar-refractivity contribution in [1.82, 2.24) is 15.1 Å². The van der Waals surface area contributed by atoms with Gasteiger partial charge in [-0.25, -0.2) is 0 Å². The zero-order valence-corrected chi connectivity index (χ0v) is 28.6. The molecule has 0 bridgehead atoms. The average molecular weight is 624 g/mol. The molecule has 4 atom stereocenters. The quantitative estimate of drug-likeness (QED) is 0.198. The van der Waals surface area contributed by atoms with E-state index in [-0.39, 0.29) is 6.04 Å². The summed E-state index contributed by atoms with van der Waals surface area (Å²) in [6.45, 7) is 8.69. The summed E-state index contributed by atoms with van der Waals surface area (Å²) in [5.41, 5.74) is 5.48. The number of thiocarbonyl (C=S) groups is 1. The predicted octanol–water partition coefficient (Wildman–Crippen LogP) is 7.11. The highest BCUT2D eigenvalue weighted by atomic mass is 32.1. The standard InChI is InChI=1S/C36H53N3O4S/c1-7-9-10-11-14-37-36(44)39-16-13-26-20-33(41-4)35(43-6)22-29(26)31(39)18-27-17-30-28-21-34(42-5)32(40-3)19-25(28)12-15-38(30)23-24(27)8-2/h19-22,24,27,30-31H,7-18,23H2,1-6H3,(H,37,44). The van der Waals surface area contributed by atoms with Crippen LogP contribution in [0.5, 0.6) is 23.0 Å². The number of rotatable bonds is 12. The molecular weight excluding hydrogens is 570 g/mol. The number of methoxy groups -OCH3 is 4. The summed E-state index contributed by atoms with van der Waals surface area (Å²) in [7, 11) is 6.92. The van der Waals surface area contributed by atoms with Crippen LogP contribution < -0.4 is 24.3 Å². The Morgan fingerprint density at radius 3 is 2.05 bits per heavy atom. The normalized spacial score (nSPS) is 22.8. The maximum absolute atomic E-state index is 6.11. The van der Waals surface area contributed by atoms with E-state index in [1.165, 1.54) is 47.9 Å². The summed E-state index contributed by atoms with van der Waals surface area (Å²) >= 11 is 6.11. The molecule has 0 saturated carbocycles. The molecule has 0 aromatic heterocycles. The van der Waals surface area contributed by atoms with Gasteiger partial charge >= 0.3 is 0 Å². The van der Waals surface area contributed by atoms with E-state index in [4.69, 9.17) is 31.2 Å². The van der Waals surface area contributed by atoms with Crippen molar-refractivity contribution in [2.24, 2.45) is 11.8 Å². The molecule has 44 heavy (non-hydrogen) atoms. The van der Waals surface area contributed by atoms with Gasteiger partial charge in [0.2, 0.25) is 0 Å². The number of piperidine rings is 1. The zero-order valence-electron chi connectivity index (χ0n) is 27.7. The molecule has 0 aliphatic carbocycles. The van der Waals surface area contributed by atoms with Crippen molar-refractivity contribution >= 4 is 17.3 Å². The van der Waals surface area contributed by atoms with Gasteiger partial charge in [0.15, 0.2) is 28.1 Å². The molecule has 3 heterocycles. The lowest BCUT2D eigenvalue weighted by atomic mass is 9.72. The van der Waals surface area contributed by atoms with Crippen LogP contribution in [0.3, 0.4) is 0 Å².